The van der Waals surface area contributed by atoms with E-state index < -0.39 is 0 Å². The molecule has 1 fully saturated rings. The molecule has 0 saturated carbocycles. The van der Waals surface area contributed by atoms with Crippen LogP contribution in [0.5, 0.6) is 5.75 Å². The van der Waals surface area contributed by atoms with E-state index in [0.29, 0.717) is 18.6 Å². The molecule has 0 aromatic heterocycles. The maximum atomic E-state index is 6.18. The van der Waals surface area contributed by atoms with Crippen LogP contribution in [0.3, 0.4) is 0 Å². The molecule has 0 amide bonds. The van der Waals surface area contributed by atoms with E-state index in [1.54, 1.807) is 0 Å². The molecule has 1 aliphatic heterocycles. The third-order valence-corrected chi connectivity index (χ3v) is 4.02. The highest BCUT2D eigenvalue weighted by Crippen LogP contribution is 2.33. The van der Waals surface area contributed by atoms with Crippen LogP contribution in [0.25, 0.3) is 0 Å². The quantitative estimate of drug-likeness (QED) is 0.672. The van der Waals surface area contributed by atoms with Crippen LogP contribution in [0.2, 0.25) is 0 Å². The Morgan fingerprint density at radius 2 is 2.00 bits per heavy atom. The molecule has 3 atom stereocenters. The van der Waals surface area contributed by atoms with Crippen molar-refractivity contribution < 1.29 is 14.2 Å². The normalized spacial score (nSPS) is 25.0. The van der Waals surface area contributed by atoms with Crippen molar-refractivity contribution >= 4 is 0 Å². The standard InChI is InChI=1S/C19H28O3/c1-5-7-18-15(6-2)13-21-19(22-18)16-8-10-17(11-9-16)20-12-14(3)4/h8-11,15,18-19H,3,5-7,12-13H2,1-2,4H3/t15-,18+,19+/m1/s1. The van der Waals surface area contributed by atoms with Crippen molar-refractivity contribution in [3.05, 3.63) is 42.0 Å². The highest BCUT2D eigenvalue weighted by Gasteiger charge is 2.30. The summed E-state index contributed by atoms with van der Waals surface area (Å²) in [7, 11) is 0. The smallest absolute Gasteiger partial charge is 0.184 e. The molecule has 0 unspecified atom stereocenters. The van der Waals surface area contributed by atoms with Crippen molar-refractivity contribution in [2.45, 2.75) is 52.4 Å². The first-order chi connectivity index (χ1) is 10.6. The number of hydrogen-bond acceptors (Lipinski definition) is 3. The average Bonchev–Trinajstić information content (AvgIpc) is 2.53. The van der Waals surface area contributed by atoms with Gasteiger partial charge in [-0.25, -0.2) is 0 Å². The Balaban J connectivity index is 1.97. The minimum Gasteiger partial charge on any atom is -0.489 e. The molecule has 3 nitrogen and oxygen atoms in total. The van der Waals surface area contributed by atoms with Crippen LogP contribution in [0.4, 0.5) is 0 Å². The van der Waals surface area contributed by atoms with Gasteiger partial charge in [0, 0.05) is 11.5 Å². The first-order valence-electron chi connectivity index (χ1n) is 8.28. The van der Waals surface area contributed by atoms with Crippen LogP contribution in [-0.2, 0) is 9.47 Å². The topological polar surface area (TPSA) is 27.7 Å². The lowest BCUT2D eigenvalue weighted by Gasteiger charge is -2.36. The second-order valence-corrected chi connectivity index (χ2v) is 6.11. The van der Waals surface area contributed by atoms with E-state index in [4.69, 9.17) is 14.2 Å². The van der Waals surface area contributed by atoms with Crippen molar-refractivity contribution in [1.82, 2.24) is 0 Å². The molecule has 3 heteroatoms. The lowest BCUT2D eigenvalue weighted by atomic mass is 9.95. The second kappa shape index (κ2) is 8.35. The number of rotatable bonds is 7. The Labute approximate surface area is 134 Å². The fraction of sp³-hybridized carbons (Fsp3) is 0.579. The van der Waals surface area contributed by atoms with Gasteiger partial charge in [0.05, 0.1) is 12.7 Å². The van der Waals surface area contributed by atoms with Crippen LogP contribution in [0, 0.1) is 5.92 Å². The average molecular weight is 304 g/mol. The van der Waals surface area contributed by atoms with Gasteiger partial charge in [-0.1, -0.05) is 39.0 Å². The van der Waals surface area contributed by atoms with Gasteiger partial charge in [-0.2, -0.15) is 0 Å². The lowest BCUT2D eigenvalue weighted by molar-refractivity contribution is -0.243. The SMILES string of the molecule is C=C(C)COc1ccc([C@H]2OC[C@@H](CC)[C@H](CCC)O2)cc1. The minimum atomic E-state index is -0.255. The molecule has 1 aromatic carbocycles. The van der Waals surface area contributed by atoms with Crippen molar-refractivity contribution in [3.63, 3.8) is 0 Å². The summed E-state index contributed by atoms with van der Waals surface area (Å²) in [6, 6.07) is 7.97. The molecule has 0 aliphatic carbocycles. The summed E-state index contributed by atoms with van der Waals surface area (Å²) in [5.74, 6) is 1.36. The van der Waals surface area contributed by atoms with Gasteiger partial charge in [-0.05, 0) is 37.5 Å². The molecule has 0 N–H and O–H groups in total. The Hall–Kier alpha value is -1.32. The molecule has 0 spiro atoms. The summed E-state index contributed by atoms with van der Waals surface area (Å²) in [6.07, 6.45) is 3.38. The molecule has 1 heterocycles. The van der Waals surface area contributed by atoms with Gasteiger partial charge in [0.15, 0.2) is 6.29 Å². The Morgan fingerprint density at radius 3 is 2.59 bits per heavy atom. The molecular weight excluding hydrogens is 276 g/mol. The van der Waals surface area contributed by atoms with Crippen molar-refractivity contribution in [1.29, 1.82) is 0 Å². The zero-order valence-corrected chi connectivity index (χ0v) is 14.0. The Kier molecular flexibility index (Phi) is 6.47. The molecule has 122 valence electrons. The third-order valence-electron chi connectivity index (χ3n) is 4.02. The minimum absolute atomic E-state index is 0.255. The molecule has 22 heavy (non-hydrogen) atoms. The van der Waals surface area contributed by atoms with Gasteiger partial charge in [0.1, 0.15) is 12.4 Å². The maximum Gasteiger partial charge on any atom is 0.184 e. The van der Waals surface area contributed by atoms with Crippen LogP contribution >= 0.6 is 0 Å². The van der Waals surface area contributed by atoms with Crippen molar-refractivity contribution in [2.24, 2.45) is 5.92 Å². The van der Waals surface area contributed by atoms with Gasteiger partial charge in [-0.3, -0.25) is 0 Å². The van der Waals surface area contributed by atoms with E-state index in [1.807, 2.05) is 31.2 Å². The van der Waals surface area contributed by atoms with E-state index >= 15 is 0 Å². The van der Waals surface area contributed by atoms with Crippen LogP contribution < -0.4 is 4.74 Å². The molecule has 1 aliphatic rings. The fourth-order valence-electron chi connectivity index (χ4n) is 2.70. The third kappa shape index (κ3) is 4.59. The molecule has 1 aromatic rings. The fourth-order valence-corrected chi connectivity index (χ4v) is 2.70. The van der Waals surface area contributed by atoms with Crippen molar-refractivity contribution in [3.8, 4) is 5.75 Å². The summed E-state index contributed by atoms with van der Waals surface area (Å²) in [6.45, 7) is 11.5. The van der Waals surface area contributed by atoms with Gasteiger partial charge in [-0.15, -0.1) is 0 Å². The summed E-state index contributed by atoms with van der Waals surface area (Å²) >= 11 is 0. The predicted octanol–water partition coefficient (Wildman–Crippen LogP) is 4.88. The number of hydrogen-bond donors (Lipinski definition) is 0. The Morgan fingerprint density at radius 1 is 1.27 bits per heavy atom. The Bertz CT molecular complexity index is 466. The highest BCUT2D eigenvalue weighted by molar-refractivity contribution is 5.28. The maximum absolute atomic E-state index is 6.18. The largest absolute Gasteiger partial charge is 0.489 e. The molecule has 0 radical (unpaired) electrons. The van der Waals surface area contributed by atoms with E-state index in [1.165, 1.54) is 0 Å². The van der Waals surface area contributed by atoms with Gasteiger partial charge in [0.2, 0.25) is 0 Å². The molecule has 0 bridgehead atoms. The lowest BCUT2D eigenvalue weighted by Crippen LogP contribution is -2.35. The first kappa shape index (κ1) is 17.0. The first-order valence-corrected chi connectivity index (χ1v) is 8.28. The second-order valence-electron chi connectivity index (χ2n) is 6.11. The highest BCUT2D eigenvalue weighted by atomic mass is 16.7. The van der Waals surface area contributed by atoms with Crippen LogP contribution in [0.1, 0.15) is 51.9 Å². The van der Waals surface area contributed by atoms with E-state index in [2.05, 4.69) is 20.4 Å². The monoisotopic (exact) mass is 304 g/mol. The molecule has 1 saturated heterocycles. The van der Waals surface area contributed by atoms with Crippen LogP contribution in [0.15, 0.2) is 36.4 Å². The van der Waals surface area contributed by atoms with Gasteiger partial charge in [0.25, 0.3) is 0 Å². The van der Waals surface area contributed by atoms with E-state index in [-0.39, 0.29) is 6.29 Å². The zero-order chi connectivity index (χ0) is 15.9. The van der Waals surface area contributed by atoms with Crippen molar-refractivity contribution in [2.75, 3.05) is 13.2 Å². The zero-order valence-electron chi connectivity index (χ0n) is 14.0. The molecule has 2 rings (SSSR count). The summed E-state index contributed by atoms with van der Waals surface area (Å²) in [5.41, 5.74) is 2.06. The van der Waals surface area contributed by atoms with Crippen LogP contribution in [-0.4, -0.2) is 19.3 Å². The van der Waals surface area contributed by atoms with E-state index in [9.17, 15) is 0 Å². The summed E-state index contributed by atoms with van der Waals surface area (Å²) < 4.78 is 17.7. The van der Waals surface area contributed by atoms with E-state index in [0.717, 1.165) is 42.8 Å². The number of benzene rings is 1. The molecular formula is C19H28O3. The predicted molar refractivity (Wildman–Crippen MR) is 89.0 cm³/mol. The number of ether oxygens (including phenoxy) is 3. The summed E-state index contributed by atoms with van der Waals surface area (Å²) in [5, 5.41) is 0. The summed E-state index contributed by atoms with van der Waals surface area (Å²) in [4.78, 5) is 0. The van der Waals surface area contributed by atoms with Gasteiger partial charge >= 0.3 is 0 Å². The van der Waals surface area contributed by atoms with Gasteiger partial charge < -0.3 is 14.2 Å².